The molecule has 24 heavy (non-hydrogen) atoms. The second kappa shape index (κ2) is 7.23. The maximum Gasteiger partial charge on any atom is 0.228 e. The molecule has 0 aliphatic carbocycles. The van der Waals surface area contributed by atoms with Crippen LogP contribution in [0.2, 0.25) is 0 Å². The number of hydrogen-bond donors (Lipinski definition) is 3. The van der Waals surface area contributed by atoms with Crippen molar-refractivity contribution in [2.75, 3.05) is 11.1 Å². The Morgan fingerprint density at radius 2 is 1.83 bits per heavy atom. The summed E-state index contributed by atoms with van der Waals surface area (Å²) in [6, 6.07) is 15.2. The van der Waals surface area contributed by atoms with E-state index in [1.54, 1.807) is 0 Å². The van der Waals surface area contributed by atoms with Gasteiger partial charge in [0.1, 0.15) is 0 Å². The highest BCUT2D eigenvalue weighted by Gasteiger charge is 2.11. The van der Waals surface area contributed by atoms with Crippen molar-refractivity contribution in [2.24, 2.45) is 5.73 Å². The molecule has 122 valence electrons. The van der Waals surface area contributed by atoms with Crippen LogP contribution in [0.4, 0.5) is 5.69 Å². The molecule has 4 N–H and O–H groups in total. The molecule has 2 amide bonds. The second-order valence-electron chi connectivity index (χ2n) is 5.34. The van der Waals surface area contributed by atoms with Gasteiger partial charge in [0.05, 0.1) is 17.9 Å². The molecule has 0 saturated carbocycles. The lowest BCUT2D eigenvalue weighted by Crippen LogP contribution is -2.16. The minimum absolute atomic E-state index is 0.105. The first-order chi connectivity index (χ1) is 11.6. The van der Waals surface area contributed by atoms with Gasteiger partial charge in [-0.05, 0) is 23.8 Å². The van der Waals surface area contributed by atoms with Crippen LogP contribution in [0.25, 0.3) is 10.9 Å². The highest BCUT2D eigenvalue weighted by Crippen LogP contribution is 2.27. The zero-order chi connectivity index (χ0) is 16.9. The number of anilines is 1. The second-order valence-corrected chi connectivity index (χ2v) is 6.35. The van der Waals surface area contributed by atoms with Crippen LogP contribution < -0.4 is 11.1 Å². The van der Waals surface area contributed by atoms with E-state index in [0.29, 0.717) is 5.69 Å². The summed E-state index contributed by atoms with van der Waals surface area (Å²) in [4.78, 5) is 27.3. The third-order valence-electron chi connectivity index (χ3n) is 3.56. The average Bonchev–Trinajstić information content (AvgIpc) is 2.97. The molecular weight excluding hydrogens is 322 g/mol. The monoisotopic (exact) mass is 339 g/mol. The Kier molecular flexibility index (Phi) is 4.86. The predicted octanol–water partition coefficient (Wildman–Crippen LogP) is 2.93. The molecule has 0 bridgehead atoms. The number of benzene rings is 2. The van der Waals surface area contributed by atoms with Gasteiger partial charge in [0.25, 0.3) is 0 Å². The van der Waals surface area contributed by atoms with E-state index >= 15 is 0 Å². The van der Waals surface area contributed by atoms with Gasteiger partial charge >= 0.3 is 0 Å². The minimum Gasteiger partial charge on any atom is -0.369 e. The fraction of sp³-hybridized carbons (Fsp3) is 0.111. The smallest absolute Gasteiger partial charge is 0.228 e. The van der Waals surface area contributed by atoms with Crippen LogP contribution in [-0.2, 0) is 16.0 Å². The Hall–Kier alpha value is -2.73. The van der Waals surface area contributed by atoms with E-state index in [1.165, 1.54) is 11.8 Å². The summed E-state index contributed by atoms with van der Waals surface area (Å²) in [5.41, 5.74) is 7.83. The van der Waals surface area contributed by atoms with Crippen molar-refractivity contribution in [1.29, 1.82) is 0 Å². The molecule has 2 aromatic carbocycles. The van der Waals surface area contributed by atoms with E-state index in [0.717, 1.165) is 21.4 Å². The summed E-state index contributed by atoms with van der Waals surface area (Å²) >= 11 is 1.31. The molecule has 0 spiro atoms. The molecule has 0 aliphatic rings. The summed E-state index contributed by atoms with van der Waals surface area (Å²) in [6.45, 7) is 0. The minimum atomic E-state index is -0.389. The summed E-state index contributed by atoms with van der Waals surface area (Å²) in [7, 11) is 0. The van der Waals surface area contributed by atoms with E-state index in [-0.39, 0.29) is 24.0 Å². The first kappa shape index (κ1) is 16.1. The van der Waals surface area contributed by atoms with Crippen molar-refractivity contribution in [3.05, 3.63) is 60.3 Å². The summed E-state index contributed by atoms with van der Waals surface area (Å²) < 4.78 is 0. The SMILES string of the molecule is NC(=O)CSc1ccccc1NC(=O)Cc1c[nH]c2ccccc12. The zero-order valence-electron chi connectivity index (χ0n) is 12.9. The quantitative estimate of drug-likeness (QED) is 0.603. The topological polar surface area (TPSA) is 88.0 Å². The van der Waals surface area contributed by atoms with E-state index in [4.69, 9.17) is 5.73 Å². The molecule has 6 heteroatoms. The molecule has 0 unspecified atom stereocenters. The Morgan fingerprint density at radius 3 is 2.67 bits per heavy atom. The van der Waals surface area contributed by atoms with Gasteiger partial charge in [0.15, 0.2) is 0 Å². The van der Waals surface area contributed by atoms with Gasteiger partial charge < -0.3 is 16.0 Å². The first-order valence-corrected chi connectivity index (χ1v) is 8.47. The number of H-pyrrole nitrogens is 1. The summed E-state index contributed by atoms with van der Waals surface area (Å²) in [5, 5.41) is 3.96. The predicted molar refractivity (Wildman–Crippen MR) is 97.0 cm³/mol. The Morgan fingerprint density at radius 1 is 1.08 bits per heavy atom. The number of aromatic nitrogens is 1. The van der Waals surface area contributed by atoms with Gasteiger partial charge in [-0.25, -0.2) is 0 Å². The number of rotatable bonds is 6. The zero-order valence-corrected chi connectivity index (χ0v) is 13.7. The standard InChI is InChI=1S/C18H17N3O2S/c19-17(22)11-24-16-8-4-3-7-15(16)21-18(23)9-12-10-20-14-6-2-1-5-13(12)14/h1-8,10,20H,9,11H2,(H2,19,22)(H,21,23). The van der Waals surface area contributed by atoms with Gasteiger partial charge in [-0.3, -0.25) is 9.59 Å². The molecule has 3 rings (SSSR count). The third kappa shape index (κ3) is 3.78. The summed E-state index contributed by atoms with van der Waals surface area (Å²) in [5.74, 6) is -0.318. The van der Waals surface area contributed by atoms with Crippen LogP contribution in [0.3, 0.4) is 0 Å². The fourth-order valence-electron chi connectivity index (χ4n) is 2.49. The molecule has 0 radical (unpaired) electrons. The van der Waals surface area contributed by atoms with Crippen molar-refractivity contribution in [1.82, 2.24) is 4.98 Å². The molecule has 3 aromatic rings. The Balaban J connectivity index is 1.72. The molecule has 0 atom stereocenters. The van der Waals surface area contributed by atoms with Crippen molar-refractivity contribution in [3.63, 3.8) is 0 Å². The van der Waals surface area contributed by atoms with E-state index in [9.17, 15) is 9.59 Å². The lowest BCUT2D eigenvalue weighted by molar-refractivity contribution is -0.116. The third-order valence-corrected chi connectivity index (χ3v) is 4.65. The number of carbonyl (C=O) groups is 2. The van der Waals surface area contributed by atoms with Crippen molar-refractivity contribution >= 4 is 40.2 Å². The van der Waals surface area contributed by atoms with Crippen LogP contribution in [-0.4, -0.2) is 22.6 Å². The van der Waals surface area contributed by atoms with Crippen LogP contribution in [0.1, 0.15) is 5.56 Å². The number of para-hydroxylation sites is 2. The number of carbonyl (C=O) groups excluding carboxylic acids is 2. The number of aromatic amines is 1. The normalized spacial score (nSPS) is 10.7. The van der Waals surface area contributed by atoms with Crippen molar-refractivity contribution in [3.8, 4) is 0 Å². The van der Waals surface area contributed by atoms with Gasteiger partial charge in [0.2, 0.25) is 11.8 Å². The highest BCUT2D eigenvalue weighted by atomic mass is 32.2. The first-order valence-electron chi connectivity index (χ1n) is 7.48. The molecular formula is C18H17N3O2S. The average molecular weight is 339 g/mol. The Labute approximate surface area is 143 Å². The number of nitrogens with two attached hydrogens (primary N) is 1. The molecule has 1 heterocycles. The maximum absolute atomic E-state index is 12.4. The molecule has 5 nitrogen and oxygen atoms in total. The molecule has 0 saturated heterocycles. The van der Waals surface area contributed by atoms with Gasteiger partial charge in [-0.15, -0.1) is 11.8 Å². The van der Waals surface area contributed by atoms with E-state index in [2.05, 4.69) is 10.3 Å². The lowest BCUT2D eigenvalue weighted by atomic mass is 10.1. The number of amides is 2. The number of primary amides is 1. The number of thioether (sulfide) groups is 1. The molecule has 0 aliphatic heterocycles. The van der Waals surface area contributed by atoms with Gasteiger partial charge in [-0.1, -0.05) is 30.3 Å². The largest absolute Gasteiger partial charge is 0.369 e. The van der Waals surface area contributed by atoms with Gasteiger partial charge in [-0.2, -0.15) is 0 Å². The summed E-state index contributed by atoms with van der Waals surface area (Å²) in [6.07, 6.45) is 2.14. The fourth-order valence-corrected chi connectivity index (χ4v) is 3.24. The van der Waals surface area contributed by atoms with E-state index in [1.807, 2.05) is 54.7 Å². The van der Waals surface area contributed by atoms with Crippen molar-refractivity contribution in [2.45, 2.75) is 11.3 Å². The lowest BCUT2D eigenvalue weighted by Gasteiger charge is -2.10. The van der Waals surface area contributed by atoms with Gasteiger partial charge in [0, 0.05) is 22.0 Å². The van der Waals surface area contributed by atoms with Crippen LogP contribution in [0.5, 0.6) is 0 Å². The number of fused-ring (bicyclic) bond motifs is 1. The van der Waals surface area contributed by atoms with Crippen LogP contribution >= 0.6 is 11.8 Å². The number of nitrogens with one attached hydrogen (secondary N) is 2. The van der Waals surface area contributed by atoms with Crippen molar-refractivity contribution < 1.29 is 9.59 Å². The highest BCUT2D eigenvalue weighted by molar-refractivity contribution is 8.00. The van der Waals surface area contributed by atoms with Crippen LogP contribution in [0, 0.1) is 0 Å². The number of hydrogen-bond acceptors (Lipinski definition) is 3. The van der Waals surface area contributed by atoms with E-state index < -0.39 is 0 Å². The van der Waals surface area contributed by atoms with Crippen LogP contribution in [0.15, 0.2) is 59.6 Å². The molecule has 1 aromatic heterocycles. The maximum atomic E-state index is 12.4. The molecule has 0 fully saturated rings. The Bertz CT molecular complexity index is 889.